The molecule has 0 unspecified atom stereocenters. The number of hydrogen-bond acceptors (Lipinski definition) is 6. The monoisotopic (exact) mass is 387 g/mol. The van der Waals surface area contributed by atoms with Gasteiger partial charge in [0, 0.05) is 6.20 Å². The van der Waals surface area contributed by atoms with E-state index in [4.69, 9.17) is 9.47 Å². The summed E-state index contributed by atoms with van der Waals surface area (Å²) >= 11 is 1.60. The standard InChI is InChI=1S/C19H21N3O4S/c1-27-11-9-13(18(23)22-17-8-4-5-10-20-17)21-19(24)16-12-25-14-6-2-3-7-15(14)26-16/h2-8,10,13,16H,9,11-12H2,1H3,(H,21,24)(H,20,22,23)/t13-,16-/m1/s1. The number of carbonyl (C=O) groups is 2. The van der Waals surface area contributed by atoms with Crippen LogP contribution in [-0.2, 0) is 9.59 Å². The highest BCUT2D eigenvalue weighted by Crippen LogP contribution is 2.30. The highest BCUT2D eigenvalue weighted by Gasteiger charge is 2.30. The lowest BCUT2D eigenvalue weighted by atomic mass is 10.2. The number of para-hydroxylation sites is 2. The molecule has 142 valence electrons. The number of ether oxygens (including phenoxy) is 2. The fraction of sp³-hybridized carbons (Fsp3) is 0.316. The maximum atomic E-state index is 12.6. The minimum atomic E-state index is -0.806. The summed E-state index contributed by atoms with van der Waals surface area (Å²) in [5, 5.41) is 5.50. The van der Waals surface area contributed by atoms with E-state index in [0.717, 1.165) is 5.75 Å². The second-order valence-corrected chi connectivity index (χ2v) is 6.90. The molecule has 0 saturated heterocycles. The number of pyridine rings is 1. The van der Waals surface area contributed by atoms with Crippen molar-refractivity contribution in [1.82, 2.24) is 10.3 Å². The smallest absolute Gasteiger partial charge is 0.265 e. The molecule has 0 radical (unpaired) electrons. The number of nitrogens with zero attached hydrogens (tertiary/aromatic N) is 1. The van der Waals surface area contributed by atoms with E-state index in [2.05, 4.69) is 15.6 Å². The number of aromatic nitrogens is 1. The number of rotatable bonds is 7. The van der Waals surface area contributed by atoms with Crippen LogP contribution in [-0.4, -0.2) is 47.6 Å². The molecule has 1 aromatic heterocycles. The summed E-state index contributed by atoms with van der Waals surface area (Å²) < 4.78 is 11.3. The molecule has 2 atom stereocenters. The first-order valence-corrected chi connectivity index (χ1v) is 9.96. The molecule has 8 heteroatoms. The van der Waals surface area contributed by atoms with E-state index in [0.29, 0.717) is 23.7 Å². The third kappa shape index (κ3) is 5.13. The maximum absolute atomic E-state index is 12.6. The minimum Gasteiger partial charge on any atom is -0.485 e. The molecule has 0 spiro atoms. The summed E-state index contributed by atoms with van der Waals surface area (Å²) in [4.78, 5) is 29.3. The molecule has 7 nitrogen and oxygen atoms in total. The van der Waals surface area contributed by atoms with Crippen molar-refractivity contribution in [3.8, 4) is 11.5 Å². The fourth-order valence-electron chi connectivity index (χ4n) is 2.57. The first kappa shape index (κ1) is 19.0. The van der Waals surface area contributed by atoms with Crippen LogP contribution >= 0.6 is 11.8 Å². The zero-order chi connectivity index (χ0) is 19.1. The van der Waals surface area contributed by atoms with Gasteiger partial charge in [-0.05, 0) is 42.7 Å². The van der Waals surface area contributed by atoms with E-state index in [-0.39, 0.29) is 18.4 Å². The topological polar surface area (TPSA) is 89.5 Å². The Bertz CT molecular complexity index is 788. The summed E-state index contributed by atoms with van der Waals surface area (Å²) in [7, 11) is 0. The molecule has 3 rings (SSSR count). The molecule has 27 heavy (non-hydrogen) atoms. The Kier molecular flexibility index (Phi) is 6.54. The van der Waals surface area contributed by atoms with Crippen LogP contribution in [0, 0.1) is 0 Å². The first-order valence-electron chi connectivity index (χ1n) is 8.57. The Balaban J connectivity index is 1.63. The Hall–Kier alpha value is -2.74. The third-order valence-corrected chi connectivity index (χ3v) is 4.60. The van der Waals surface area contributed by atoms with E-state index in [1.54, 1.807) is 48.3 Å². The van der Waals surface area contributed by atoms with Crippen LogP contribution in [0.4, 0.5) is 5.82 Å². The van der Waals surface area contributed by atoms with Crippen LogP contribution in [0.15, 0.2) is 48.7 Å². The molecule has 1 aliphatic heterocycles. The van der Waals surface area contributed by atoms with Crippen molar-refractivity contribution in [1.29, 1.82) is 0 Å². The molecule has 0 aliphatic carbocycles. The predicted molar refractivity (Wildman–Crippen MR) is 104 cm³/mol. The molecule has 0 fully saturated rings. The highest BCUT2D eigenvalue weighted by atomic mass is 32.2. The minimum absolute atomic E-state index is 0.0972. The van der Waals surface area contributed by atoms with Gasteiger partial charge in [-0.25, -0.2) is 4.98 Å². The number of fused-ring (bicyclic) bond motifs is 1. The maximum Gasteiger partial charge on any atom is 0.265 e. The zero-order valence-electron chi connectivity index (χ0n) is 14.9. The van der Waals surface area contributed by atoms with E-state index in [9.17, 15) is 9.59 Å². The van der Waals surface area contributed by atoms with Gasteiger partial charge in [0.25, 0.3) is 5.91 Å². The summed E-state index contributed by atoms with van der Waals surface area (Å²) in [5.41, 5.74) is 0. The second kappa shape index (κ2) is 9.27. The molecular weight excluding hydrogens is 366 g/mol. The SMILES string of the molecule is CSCC[C@@H](NC(=O)[C@H]1COc2ccccc2O1)C(=O)Nc1ccccn1. The third-order valence-electron chi connectivity index (χ3n) is 3.96. The Labute approximate surface area is 161 Å². The lowest BCUT2D eigenvalue weighted by molar-refractivity contribution is -0.133. The van der Waals surface area contributed by atoms with Crippen molar-refractivity contribution in [3.05, 3.63) is 48.7 Å². The molecule has 2 heterocycles. The number of amides is 2. The Morgan fingerprint density at radius 1 is 1.22 bits per heavy atom. The molecule has 1 aliphatic rings. The quantitative estimate of drug-likeness (QED) is 0.756. The fourth-order valence-corrected chi connectivity index (χ4v) is 3.04. The molecule has 2 aromatic rings. The highest BCUT2D eigenvalue weighted by molar-refractivity contribution is 7.98. The Morgan fingerprint density at radius 3 is 2.74 bits per heavy atom. The van der Waals surface area contributed by atoms with Gasteiger partial charge in [-0.15, -0.1) is 0 Å². The second-order valence-electron chi connectivity index (χ2n) is 5.91. The summed E-state index contributed by atoms with van der Waals surface area (Å²) in [6.07, 6.45) is 3.23. The molecule has 0 bridgehead atoms. The van der Waals surface area contributed by atoms with Crippen LogP contribution in [0.5, 0.6) is 11.5 Å². The number of benzene rings is 1. The van der Waals surface area contributed by atoms with Gasteiger partial charge in [-0.1, -0.05) is 18.2 Å². The molecule has 2 N–H and O–H groups in total. The van der Waals surface area contributed by atoms with Crippen LogP contribution in [0.1, 0.15) is 6.42 Å². The summed E-state index contributed by atoms with van der Waals surface area (Å²) in [6.45, 7) is 0.0972. The van der Waals surface area contributed by atoms with Gasteiger partial charge >= 0.3 is 0 Å². The van der Waals surface area contributed by atoms with Crippen LogP contribution < -0.4 is 20.1 Å². The van der Waals surface area contributed by atoms with E-state index in [1.807, 2.05) is 18.4 Å². The summed E-state index contributed by atoms with van der Waals surface area (Å²) in [6, 6.07) is 11.7. The van der Waals surface area contributed by atoms with Gasteiger partial charge in [0.2, 0.25) is 12.0 Å². The Morgan fingerprint density at radius 2 is 2.00 bits per heavy atom. The number of carbonyl (C=O) groups excluding carboxylic acids is 2. The van der Waals surface area contributed by atoms with Crippen molar-refractivity contribution in [2.24, 2.45) is 0 Å². The molecule has 2 amide bonds. The van der Waals surface area contributed by atoms with Gasteiger partial charge in [0.15, 0.2) is 11.5 Å². The molecule has 0 saturated carbocycles. The van der Waals surface area contributed by atoms with Crippen molar-refractivity contribution in [2.45, 2.75) is 18.6 Å². The number of nitrogens with one attached hydrogen (secondary N) is 2. The van der Waals surface area contributed by atoms with Gasteiger partial charge in [-0.3, -0.25) is 9.59 Å². The van der Waals surface area contributed by atoms with Crippen molar-refractivity contribution >= 4 is 29.4 Å². The molecular formula is C19H21N3O4S. The number of thioether (sulfide) groups is 1. The van der Waals surface area contributed by atoms with Crippen LogP contribution in [0.3, 0.4) is 0 Å². The number of anilines is 1. The van der Waals surface area contributed by atoms with Crippen LogP contribution in [0.25, 0.3) is 0 Å². The van der Waals surface area contributed by atoms with Gasteiger partial charge < -0.3 is 20.1 Å². The van der Waals surface area contributed by atoms with Crippen molar-refractivity contribution in [2.75, 3.05) is 23.9 Å². The lowest BCUT2D eigenvalue weighted by Gasteiger charge is -2.27. The van der Waals surface area contributed by atoms with E-state index in [1.165, 1.54) is 0 Å². The van der Waals surface area contributed by atoms with Gasteiger partial charge in [0.1, 0.15) is 18.5 Å². The van der Waals surface area contributed by atoms with E-state index >= 15 is 0 Å². The molecule has 1 aromatic carbocycles. The zero-order valence-corrected chi connectivity index (χ0v) is 15.7. The first-order chi connectivity index (χ1) is 13.2. The average molecular weight is 387 g/mol. The average Bonchev–Trinajstić information content (AvgIpc) is 2.71. The number of hydrogen-bond donors (Lipinski definition) is 2. The summed E-state index contributed by atoms with van der Waals surface area (Å²) in [5.74, 6) is 1.60. The van der Waals surface area contributed by atoms with Crippen molar-refractivity contribution in [3.63, 3.8) is 0 Å². The predicted octanol–water partition coefficient (Wildman–Crippen LogP) is 2.10. The van der Waals surface area contributed by atoms with Gasteiger partial charge in [-0.2, -0.15) is 11.8 Å². The normalized spacial score (nSPS) is 16.3. The largest absolute Gasteiger partial charge is 0.485 e. The van der Waals surface area contributed by atoms with E-state index < -0.39 is 12.1 Å². The lowest BCUT2D eigenvalue weighted by Crippen LogP contribution is -2.51. The van der Waals surface area contributed by atoms with Crippen molar-refractivity contribution < 1.29 is 19.1 Å². The van der Waals surface area contributed by atoms with Crippen LogP contribution in [0.2, 0.25) is 0 Å². The van der Waals surface area contributed by atoms with Gasteiger partial charge in [0.05, 0.1) is 0 Å².